The molecule has 1 unspecified atom stereocenters. The summed E-state index contributed by atoms with van der Waals surface area (Å²) < 4.78 is 6.88. The highest BCUT2D eigenvalue weighted by Crippen LogP contribution is 2.35. The Hall–Kier alpha value is -1.000. The molecule has 3 rings (SSSR count). The second-order valence-electron chi connectivity index (χ2n) is 4.38. The molecule has 0 amide bonds. The van der Waals surface area contributed by atoms with E-state index in [0.717, 1.165) is 29.7 Å². The standard InChI is InChI=1S/C14H14BrNOS/c15-10-3-4-12-13(16-11-5-7-18-9-11)2-1-6-17-14(12)8-10/h3-5,7-9,13,16H,1-2,6H2. The third-order valence-electron chi connectivity index (χ3n) is 3.11. The number of fused-ring (bicyclic) bond motifs is 1. The molecule has 0 radical (unpaired) electrons. The van der Waals surface area contributed by atoms with Crippen molar-refractivity contribution in [3.63, 3.8) is 0 Å². The van der Waals surface area contributed by atoms with Gasteiger partial charge in [0.05, 0.1) is 12.6 Å². The first kappa shape index (κ1) is 12.1. The number of anilines is 1. The molecule has 1 aliphatic heterocycles. The van der Waals surface area contributed by atoms with Crippen molar-refractivity contribution in [2.24, 2.45) is 0 Å². The van der Waals surface area contributed by atoms with Gasteiger partial charge in [0.2, 0.25) is 0 Å². The van der Waals surface area contributed by atoms with Crippen LogP contribution in [0.25, 0.3) is 0 Å². The summed E-state index contributed by atoms with van der Waals surface area (Å²) in [5, 5.41) is 7.83. The molecule has 0 saturated carbocycles. The fourth-order valence-corrected chi connectivity index (χ4v) is 3.18. The number of hydrogen-bond acceptors (Lipinski definition) is 3. The monoisotopic (exact) mass is 323 g/mol. The van der Waals surface area contributed by atoms with Crippen molar-refractivity contribution in [2.45, 2.75) is 18.9 Å². The third kappa shape index (κ3) is 2.54. The molecule has 4 heteroatoms. The summed E-state index contributed by atoms with van der Waals surface area (Å²) in [5.41, 5.74) is 2.45. The second-order valence-corrected chi connectivity index (χ2v) is 6.08. The maximum absolute atomic E-state index is 5.81. The molecule has 2 heterocycles. The van der Waals surface area contributed by atoms with Crippen LogP contribution in [0.3, 0.4) is 0 Å². The minimum atomic E-state index is 0.338. The minimum Gasteiger partial charge on any atom is -0.493 e. The molecule has 94 valence electrons. The quantitative estimate of drug-likeness (QED) is 0.854. The summed E-state index contributed by atoms with van der Waals surface area (Å²) >= 11 is 5.21. The molecular formula is C14H14BrNOS. The van der Waals surface area contributed by atoms with Gasteiger partial charge in [0, 0.05) is 21.1 Å². The Labute approximate surface area is 119 Å². The van der Waals surface area contributed by atoms with E-state index >= 15 is 0 Å². The van der Waals surface area contributed by atoms with E-state index < -0.39 is 0 Å². The van der Waals surface area contributed by atoms with Crippen molar-refractivity contribution >= 4 is 33.0 Å². The molecule has 1 aliphatic rings. The lowest BCUT2D eigenvalue weighted by Gasteiger charge is -2.18. The lowest BCUT2D eigenvalue weighted by Crippen LogP contribution is -2.09. The van der Waals surface area contributed by atoms with Crippen LogP contribution in [0.5, 0.6) is 5.75 Å². The predicted molar refractivity (Wildman–Crippen MR) is 79.6 cm³/mol. The van der Waals surface area contributed by atoms with Crippen molar-refractivity contribution in [1.82, 2.24) is 0 Å². The molecule has 1 aromatic carbocycles. The van der Waals surface area contributed by atoms with Gasteiger partial charge < -0.3 is 10.1 Å². The molecule has 0 fully saturated rings. The maximum Gasteiger partial charge on any atom is 0.125 e. The van der Waals surface area contributed by atoms with Crippen LogP contribution >= 0.6 is 27.3 Å². The highest BCUT2D eigenvalue weighted by atomic mass is 79.9. The van der Waals surface area contributed by atoms with Crippen LogP contribution in [0.1, 0.15) is 24.4 Å². The Balaban J connectivity index is 1.91. The Morgan fingerprint density at radius 1 is 1.33 bits per heavy atom. The number of rotatable bonds is 2. The van der Waals surface area contributed by atoms with Crippen molar-refractivity contribution < 1.29 is 4.74 Å². The molecule has 18 heavy (non-hydrogen) atoms. The van der Waals surface area contributed by atoms with E-state index in [2.05, 4.69) is 56.3 Å². The zero-order valence-corrected chi connectivity index (χ0v) is 12.3. The number of hydrogen-bond donors (Lipinski definition) is 1. The fourth-order valence-electron chi connectivity index (χ4n) is 2.24. The lowest BCUT2D eigenvalue weighted by atomic mass is 10.0. The molecular weight excluding hydrogens is 310 g/mol. The predicted octanol–water partition coefficient (Wildman–Crippen LogP) is 4.84. The van der Waals surface area contributed by atoms with Gasteiger partial charge in [-0.05, 0) is 36.4 Å². The van der Waals surface area contributed by atoms with Gasteiger partial charge in [0.25, 0.3) is 0 Å². The van der Waals surface area contributed by atoms with Gasteiger partial charge in [-0.25, -0.2) is 0 Å². The van der Waals surface area contributed by atoms with Crippen molar-refractivity contribution in [1.29, 1.82) is 0 Å². The third-order valence-corrected chi connectivity index (χ3v) is 4.28. The van der Waals surface area contributed by atoms with Gasteiger partial charge in [-0.15, -0.1) is 0 Å². The largest absolute Gasteiger partial charge is 0.493 e. The number of benzene rings is 1. The van der Waals surface area contributed by atoms with Crippen LogP contribution < -0.4 is 10.1 Å². The molecule has 0 saturated heterocycles. The van der Waals surface area contributed by atoms with Gasteiger partial charge in [0.15, 0.2) is 0 Å². The SMILES string of the molecule is Brc1ccc2c(c1)OCCCC2Nc1ccsc1. The van der Waals surface area contributed by atoms with E-state index in [9.17, 15) is 0 Å². The molecule has 0 spiro atoms. The van der Waals surface area contributed by atoms with Crippen LogP contribution in [0, 0.1) is 0 Å². The van der Waals surface area contributed by atoms with E-state index in [1.54, 1.807) is 11.3 Å². The number of ether oxygens (including phenoxy) is 1. The van der Waals surface area contributed by atoms with Gasteiger partial charge >= 0.3 is 0 Å². The van der Waals surface area contributed by atoms with Crippen molar-refractivity contribution in [2.75, 3.05) is 11.9 Å². The molecule has 2 aromatic rings. The molecule has 1 atom stereocenters. The number of halogens is 1. The van der Waals surface area contributed by atoms with Crippen LogP contribution in [0.4, 0.5) is 5.69 Å². The van der Waals surface area contributed by atoms with E-state index in [4.69, 9.17) is 4.74 Å². The Kier molecular flexibility index (Phi) is 3.57. The Morgan fingerprint density at radius 2 is 2.28 bits per heavy atom. The summed E-state index contributed by atoms with van der Waals surface area (Å²) in [6.45, 7) is 0.797. The first-order valence-electron chi connectivity index (χ1n) is 6.04. The normalized spacial score (nSPS) is 18.6. The molecule has 0 bridgehead atoms. The first-order valence-corrected chi connectivity index (χ1v) is 7.77. The summed E-state index contributed by atoms with van der Waals surface area (Å²) in [6, 6.07) is 8.74. The smallest absolute Gasteiger partial charge is 0.125 e. The molecule has 1 aromatic heterocycles. The van der Waals surface area contributed by atoms with Crippen LogP contribution in [-0.2, 0) is 0 Å². The molecule has 0 aliphatic carbocycles. The van der Waals surface area contributed by atoms with Gasteiger partial charge in [-0.3, -0.25) is 0 Å². The van der Waals surface area contributed by atoms with E-state index in [1.807, 2.05) is 0 Å². The molecule has 2 nitrogen and oxygen atoms in total. The average molecular weight is 324 g/mol. The van der Waals surface area contributed by atoms with Crippen LogP contribution in [0.15, 0.2) is 39.5 Å². The topological polar surface area (TPSA) is 21.3 Å². The fraction of sp³-hybridized carbons (Fsp3) is 0.286. The number of thiophene rings is 1. The average Bonchev–Trinajstić information content (AvgIpc) is 2.79. The van der Waals surface area contributed by atoms with Gasteiger partial charge in [-0.1, -0.05) is 22.0 Å². The lowest BCUT2D eigenvalue weighted by molar-refractivity contribution is 0.316. The van der Waals surface area contributed by atoms with E-state index in [1.165, 1.54) is 11.3 Å². The summed E-state index contributed by atoms with van der Waals surface area (Å²) in [6.07, 6.45) is 2.18. The Morgan fingerprint density at radius 3 is 3.11 bits per heavy atom. The second kappa shape index (κ2) is 5.33. The minimum absolute atomic E-state index is 0.338. The summed E-state index contributed by atoms with van der Waals surface area (Å²) in [5.74, 6) is 0.995. The van der Waals surface area contributed by atoms with Crippen molar-refractivity contribution in [3.8, 4) is 5.75 Å². The zero-order chi connectivity index (χ0) is 12.4. The van der Waals surface area contributed by atoms with E-state index in [0.29, 0.717) is 6.04 Å². The van der Waals surface area contributed by atoms with Crippen molar-refractivity contribution in [3.05, 3.63) is 45.1 Å². The zero-order valence-electron chi connectivity index (χ0n) is 9.86. The first-order chi connectivity index (χ1) is 8.83. The van der Waals surface area contributed by atoms with Gasteiger partial charge in [0.1, 0.15) is 5.75 Å². The Bertz CT molecular complexity index is 527. The molecule has 1 N–H and O–H groups in total. The van der Waals surface area contributed by atoms with Gasteiger partial charge in [-0.2, -0.15) is 11.3 Å². The van der Waals surface area contributed by atoms with E-state index in [-0.39, 0.29) is 0 Å². The summed E-state index contributed by atoms with van der Waals surface area (Å²) in [7, 11) is 0. The van der Waals surface area contributed by atoms with Crippen LogP contribution in [0.2, 0.25) is 0 Å². The maximum atomic E-state index is 5.81. The highest BCUT2D eigenvalue weighted by molar-refractivity contribution is 9.10. The van der Waals surface area contributed by atoms with Crippen LogP contribution in [-0.4, -0.2) is 6.61 Å². The summed E-state index contributed by atoms with van der Waals surface area (Å²) in [4.78, 5) is 0. The highest BCUT2D eigenvalue weighted by Gasteiger charge is 2.19. The number of nitrogens with one attached hydrogen (secondary N) is 1.